The highest BCUT2D eigenvalue weighted by Crippen LogP contribution is 2.40. The van der Waals surface area contributed by atoms with Crippen molar-refractivity contribution in [3.05, 3.63) is 9.98 Å². The Balaban J connectivity index is 2.12. The predicted octanol–water partition coefficient (Wildman–Crippen LogP) is 2.96. The molecule has 16 heavy (non-hydrogen) atoms. The summed E-state index contributed by atoms with van der Waals surface area (Å²) in [5, 5.41) is 15.2. The Bertz CT molecular complexity index is 409. The van der Waals surface area contributed by atoms with Gasteiger partial charge in [-0.2, -0.15) is 0 Å². The summed E-state index contributed by atoms with van der Waals surface area (Å²) in [6.07, 6.45) is 2.57. The summed E-state index contributed by atoms with van der Waals surface area (Å²) in [6.45, 7) is 1.81. The lowest BCUT2D eigenvalue weighted by Crippen LogP contribution is -2.40. The average Bonchev–Trinajstić information content (AvgIpc) is 2.76. The van der Waals surface area contributed by atoms with Gasteiger partial charge in [-0.25, -0.2) is 4.98 Å². The summed E-state index contributed by atoms with van der Waals surface area (Å²) in [4.78, 5) is 15.5. The van der Waals surface area contributed by atoms with Crippen LogP contribution in [0.25, 0.3) is 0 Å². The van der Waals surface area contributed by atoms with Crippen LogP contribution in [0.15, 0.2) is 9.98 Å². The summed E-state index contributed by atoms with van der Waals surface area (Å²) < 4.78 is 0.787. The Morgan fingerprint density at radius 1 is 1.81 bits per heavy atom. The lowest BCUT2D eigenvalue weighted by Gasteiger charge is -2.27. The Labute approximate surface area is 106 Å². The summed E-state index contributed by atoms with van der Waals surface area (Å²) in [5.74, 6) is -0.724. The first kappa shape index (κ1) is 11.9. The summed E-state index contributed by atoms with van der Waals surface area (Å²) >= 11 is 4.77. The van der Waals surface area contributed by atoms with Crippen LogP contribution in [0, 0.1) is 5.41 Å². The van der Waals surface area contributed by atoms with E-state index in [4.69, 9.17) is 0 Å². The van der Waals surface area contributed by atoms with Crippen molar-refractivity contribution < 1.29 is 9.90 Å². The molecule has 1 aliphatic rings. The summed E-state index contributed by atoms with van der Waals surface area (Å²) in [5.41, 5.74) is -0.669. The third-order valence-electron chi connectivity index (χ3n) is 3.22. The predicted molar refractivity (Wildman–Crippen MR) is 66.8 cm³/mol. The van der Waals surface area contributed by atoms with E-state index in [1.54, 1.807) is 0 Å². The molecule has 0 saturated heterocycles. The number of rotatable bonds is 3. The molecule has 6 heteroatoms. The fraction of sp³-hybridized carbons (Fsp3) is 0.600. The van der Waals surface area contributed by atoms with E-state index in [1.807, 2.05) is 12.3 Å². The van der Waals surface area contributed by atoms with E-state index in [0.29, 0.717) is 0 Å². The van der Waals surface area contributed by atoms with Crippen molar-refractivity contribution in [1.29, 1.82) is 0 Å². The number of carboxylic acids is 1. The SMILES string of the molecule is CC1(C(=O)O)CCCC1Nc1nc(Br)cs1. The molecule has 2 atom stereocenters. The van der Waals surface area contributed by atoms with E-state index in [1.165, 1.54) is 11.3 Å². The first-order valence-corrected chi connectivity index (χ1v) is 6.80. The third kappa shape index (κ3) is 2.08. The molecule has 2 rings (SSSR count). The van der Waals surface area contributed by atoms with Crippen LogP contribution in [0.3, 0.4) is 0 Å². The smallest absolute Gasteiger partial charge is 0.311 e. The van der Waals surface area contributed by atoms with Gasteiger partial charge in [-0.3, -0.25) is 4.79 Å². The second-order valence-corrected chi connectivity index (χ2v) is 5.96. The van der Waals surface area contributed by atoms with Gasteiger partial charge in [0.1, 0.15) is 4.60 Å². The van der Waals surface area contributed by atoms with Crippen molar-refractivity contribution in [2.24, 2.45) is 5.41 Å². The van der Waals surface area contributed by atoms with Crippen LogP contribution in [0.5, 0.6) is 0 Å². The molecule has 1 aromatic rings. The number of hydrogen-bond donors (Lipinski definition) is 2. The molecule has 88 valence electrons. The van der Waals surface area contributed by atoms with Crippen molar-refractivity contribution in [1.82, 2.24) is 4.98 Å². The number of aromatic nitrogens is 1. The molecule has 0 aromatic carbocycles. The van der Waals surface area contributed by atoms with Crippen LogP contribution in [0.2, 0.25) is 0 Å². The molecule has 2 N–H and O–H groups in total. The minimum absolute atomic E-state index is 0.0250. The fourth-order valence-electron chi connectivity index (χ4n) is 2.12. The van der Waals surface area contributed by atoms with Crippen LogP contribution >= 0.6 is 27.3 Å². The lowest BCUT2D eigenvalue weighted by atomic mass is 9.85. The zero-order chi connectivity index (χ0) is 11.8. The molecule has 1 aromatic heterocycles. The molecular formula is C10H13BrN2O2S. The average molecular weight is 305 g/mol. The third-order valence-corrected chi connectivity index (χ3v) is 4.70. The van der Waals surface area contributed by atoms with Crippen LogP contribution < -0.4 is 5.32 Å². The monoisotopic (exact) mass is 304 g/mol. The highest BCUT2D eigenvalue weighted by molar-refractivity contribution is 9.10. The highest BCUT2D eigenvalue weighted by atomic mass is 79.9. The summed E-state index contributed by atoms with van der Waals surface area (Å²) in [7, 11) is 0. The summed E-state index contributed by atoms with van der Waals surface area (Å²) in [6, 6.07) is -0.0250. The van der Waals surface area contributed by atoms with Gasteiger partial charge in [0.15, 0.2) is 5.13 Å². The van der Waals surface area contributed by atoms with Gasteiger partial charge >= 0.3 is 5.97 Å². The van der Waals surface area contributed by atoms with Gasteiger partial charge in [0.2, 0.25) is 0 Å². The maximum absolute atomic E-state index is 11.3. The maximum atomic E-state index is 11.3. The number of thiazole rings is 1. The Kier molecular flexibility index (Phi) is 3.21. The minimum Gasteiger partial charge on any atom is -0.481 e. The molecule has 0 aliphatic heterocycles. The van der Waals surface area contributed by atoms with E-state index in [0.717, 1.165) is 29.0 Å². The van der Waals surface area contributed by atoms with Crippen molar-refractivity contribution in [2.45, 2.75) is 32.2 Å². The lowest BCUT2D eigenvalue weighted by molar-refractivity contribution is -0.147. The molecule has 0 bridgehead atoms. The molecule has 1 fully saturated rings. The number of hydrogen-bond acceptors (Lipinski definition) is 4. The topological polar surface area (TPSA) is 62.2 Å². The molecule has 0 radical (unpaired) electrons. The van der Waals surface area contributed by atoms with Gasteiger partial charge < -0.3 is 10.4 Å². The van der Waals surface area contributed by atoms with Crippen molar-refractivity contribution >= 4 is 38.4 Å². The number of aliphatic carboxylic acids is 1. The number of carboxylic acid groups (broad SMARTS) is 1. The van der Waals surface area contributed by atoms with Crippen molar-refractivity contribution in [2.75, 3.05) is 5.32 Å². The van der Waals surface area contributed by atoms with Gasteiger partial charge in [-0.15, -0.1) is 11.3 Å². The van der Waals surface area contributed by atoms with E-state index in [-0.39, 0.29) is 6.04 Å². The van der Waals surface area contributed by atoms with E-state index in [2.05, 4.69) is 26.2 Å². The second kappa shape index (κ2) is 4.33. The first-order chi connectivity index (χ1) is 7.52. The van der Waals surface area contributed by atoms with Gasteiger partial charge in [0.25, 0.3) is 0 Å². The molecule has 1 aliphatic carbocycles. The Hall–Kier alpha value is -0.620. The molecule has 1 saturated carbocycles. The van der Waals surface area contributed by atoms with Crippen LogP contribution in [-0.2, 0) is 4.79 Å². The fourth-order valence-corrected chi connectivity index (χ4v) is 3.32. The van der Waals surface area contributed by atoms with E-state index < -0.39 is 11.4 Å². The van der Waals surface area contributed by atoms with Crippen LogP contribution in [-0.4, -0.2) is 22.1 Å². The number of anilines is 1. The Morgan fingerprint density at radius 3 is 3.12 bits per heavy atom. The molecule has 2 unspecified atom stereocenters. The van der Waals surface area contributed by atoms with Crippen LogP contribution in [0.4, 0.5) is 5.13 Å². The largest absolute Gasteiger partial charge is 0.481 e. The molecular weight excluding hydrogens is 292 g/mol. The number of nitrogens with one attached hydrogen (secondary N) is 1. The zero-order valence-corrected chi connectivity index (χ0v) is 11.3. The van der Waals surface area contributed by atoms with Gasteiger partial charge in [-0.1, -0.05) is 6.42 Å². The molecule has 0 spiro atoms. The van der Waals surface area contributed by atoms with Gasteiger partial charge in [-0.05, 0) is 35.7 Å². The Morgan fingerprint density at radius 2 is 2.56 bits per heavy atom. The van der Waals surface area contributed by atoms with Crippen molar-refractivity contribution in [3.8, 4) is 0 Å². The number of halogens is 1. The standard InChI is InChI=1S/C10H13BrN2O2S/c1-10(8(14)15)4-2-3-6(10)12-9-13-7(11)5-16-9/h5-6H,2-4H2,1H3,(H,12,13)(H,14,15). The van der Waals surface area contributed by atoms with Crippen molar-refractivity contribution in [3.63, 3.8) is 0 Å². The molecule has 4 nitrogen and oxygen atoms in total. The molecule has 0 amide bonds. The van der Waals surface area contributed by atoms with Crippen LogP contribution in [0.1, 0.15) is 26.2 Å². The first-order valence-electron chi connectivity index (χ1n) is 5.13. The quantitative estimate of drug-likeness (QED) is 0.901. The minimum atomic E-state index is -0.724. The normalized spacial score (nSPS) is 29.2. The van der Waals surface area contributed by atoms with Gasteiger partial charge in [0.05, 0.1) is 5.41 Å². The van der Waals surface area contributed by atoms with E-state index in [9.17, 15) is 9.90 Å². The highest BCUT2D eigenvalue weighted by Gasteiger charge is 2.45. The molecule has 1 heterocycles. The van der Waals surface area contributed by atoms with Gasteiger partial charge in [0, 0.05) is 11.4 Å². The maximum Gasteiger partial charge on any atom is 0.311 e. The van der Waals surface area contributed by atoms with E-state index >= 15 is 0 Å². The number of nitrogens with zero attached hydrogens (tertiary/aromatic N) is 1. The number of carbonyl (C=O) groups is 1. The zero-order valence-electron chi connectivity index (χ0n) is 8.86. The second-order valence-electron chi connectivity index (χ2n) is 4.29.